The molecule has 2 N–H and O–H groups in total. The Bertz CT molecular complexity index is 379. The monoisotopic (exact) mass is 248 g/mol. The lowest BCUT2D eigenvalue weighted by molar-refractivity contribution is 0.699. The number of guanidine groups is 1. The van der Waals surface area contributed by atoms with Gasteiger partial charge in [-0.3, -0.25) is 4.99 Å². The lowest BCUT2D eigenvalue weighted by Gasteiger charge is -2.15. The molecule has 0 spiro atoms. The summed E-state index contributed by atoms with van der Waals surface area (Å²) in [6.45, 7) is 4.97. The van der Waals surface area contributed by atoms with Crippen LogP contribution >= 0.6 is 0 Å². The number of benzene rings is 1. The number of hydrogen-bond acceptors (Lipinski definition) is 2. The second kappa shape index (κ2) is 6.89. The van der Waals surface area contributed by atoms with E-state index in [4.69, 9.17) is 0 Å². The first-order chi connectivity index (χ1) is 8.52. The summed E-state index contributed by atoms with van der Waals surface area (Å²) in [4.78, 5) is 6.27. The smallest absolute Gasteiger partial charge is 0.191 e. The highest BCUT2D eigenvalue weighted by Gasteiger charge is 2.00. The van der Waals surface area contributed by atoms with Crippen LogP contribution in [0.1, 0.15) is 19.4 Å². The predicted molar refractivity (Wildman–Crippen MR) is 79.2 cm³/mol. The molecule has 0 amide bonds. The summed E-state index contributed by atoms with van der Waals surface area (Å²) < 4.78 is 0. The molecule has 1 aromatic rings. The number of anilines is 1. The van der Waals surface area contributed by atoms with E-state index in [1.165, 1.54) is 11.3 Å². The van der Waals surface area contributed by atoms with Gasteiger partial charge in [-0.05, 0) is 31.5 Å². The fraction of sp³-hybridized carbons (Fsp3) is 0.500. The van der Waals surface area contributed by atoms with Crippen molar-refractivity contribution in [2.24, 2.45) is 4.99 Å². The Labute approximate surface area is 110 Å². The van der Waals surface area contributed by atoms with Crippen LogP contribution in [0.5, 0.6) is 0 Å². The van der Waals surface area contributed by atoms with Gasteiger partial charge in [0.15, 0.2) is 5.96 Å². The molecule has 0 bridgehead atoms. The van der Waals surface area contributed by atoms with Gasteiger partial charge in [-0.15, -0.1) is 0 Å². The van der Waals surface area contributed by atoms with Gasteiger partial charge in [-0.1, -0.05) is 12.1 Å². The van der Waals surface area contributed by atoms with Crippen LogP contribution in [0.25, 0.3) is 0 Å². The van der Waals surface area contributed by atoms with E-state index in [1.807, 2.05) is 14.1 Å². The Kier molecular flexibility index (Phi) is 5.49. The zero-order valence-corrected chi connectivity index (χ0v) is 12.0. The van der Waals surface area contributed by atoms with Crippen molar-refractivity contribution in [3.8, 4) is 0 Å². The minimum Gasteiger partial charge on any atom is -0.378 e. The molecule has 0 radical (unpaired) electrons. The van der Waals surface area contributed by atoms with Crippen LogP contribution in [0.3, 0.4) is 0 Å². The maximum absolute atomic E-state index is 4.18. The zero-order valence-electron chi connectivity index (χ0n) is 12.0. The third kappa shape index (κ3) is 4.65. The molecule has 1 rings (SSSR count). The van der Waals surface area contributed by atoms with Crippen molar-refractivity contribution in [2.45, 2.75) is 26.4 Å². The van der Waals surface area contributed by atoms with Gasteiger partial charge in [0.25, 0.3) is 0 Å². The maximum Gasteiger partial charge on any atom is 0.191 e. The highest BCUT2D eigenvalue weighted by Crippen LogP contribution is 2.11. The topological polar surface area (TPSA) is 39.7 Å². The van der Waals surface area contributed by atoms with Crippen LogP contribution in [0.4, 0.5) is 5.69 Å². The van der Waals surface area contributed by atoms with Crippen molar-refractivity contribution in [3.05, 3.63) is 29.8 Å². The van der Waals surface area contributed by atoms with E-state index < -0.39 is 0 Å². The van der Waals surface area contributed by atoms with Crippen molar-refractivity contribution < 1.29 is 0 Å². The van der Waals surface area contributed by atoms with E-state index in [2.05, 4.69) is 58.6 Å². The molecular formula is C14H24N4. The molecule has 4 heteroatoms. The van der Waals surface area contributed by atoms with E-state index in [1.54, 1.807) is 7.05 Å². The Hall–Kier alpha value is -1.71. The average Bonchev–Trinajstić information content (AvgIpc) is 2.34. The van der Waals surface area contributed by atoms with Crippen molar-refractivity contribution >= 4 is 11.6 Å². The van der Waals surface area contributed by atoms with E-state index in [-0.39, 0.29) is 0 Å². The van der Waals surface area contributed by atoms with Gasteiger partial charge in [0, 0.05) is 39.4 Å². The zero-order chi connectivity index (χ0) is 13.5. The summed E-state index contributed by atoms with van der Waals surface area (Å²) in [5.41, 5.74) is 2.45. The van der Waals surface area contributed by atoms with Gasteiger partial charge < -0.3 is 15.5 Å². The van der Waals surface area contributed by atoms with Crippen molar-refractivity contribution in [3.63, 3.8) is 0 Å². The lowest BCUT2D eigenvalue weighted by Crippen LogP contribution is -2.40. The summed E-state index contributed by atoms with van der Waals surface area (Å²) in [7, 11) is 5.87. The van der Waals surface area contributed by atoms with Crippen molar-refractivity contribution in [1.29, 1.82) is 0 Å². The number of hydrogen-bond donors (Lipinski definition) is 2. The summed E-state index contributed by atoms with van der Waals surface area (Å²) in [6, 6.07) is 8.88. The van der Waals surface area contributed by atoms with Gasteiger partial charge in [0.05, 0.1) is 0 Å². The van der Waals surface area contributed by atoms with Crippen LogP contribution in [-0.2, 0) is 6.54 Å². The van der Waals surface area contributed by atoms with E-state index >= 15 is 0 Å². The third-order valence-corrected chi connectivity index (χ3v) is 2.56. The molecule has 18 heavy (non-hydrogen) atoms. The number of aliphatic imine (C=N–C) groups is 1. The molecule has 0 aromatic heterocycles. The third-order valence-electron chi connectivity index (χ3n) is 2.56. The quantitative estimate of drug-likeness (QED) is 0.631. The SMILES string of the molecule is CN=C(NCc1ccc(N(C)C)cc1)NC(C)C. The molecule has 0 aliphatic heterocycles. The molecule has 1 aromatic carbocycles. The molecule has 0 fully saturated rings. The highest BCUT2D eigenvalue weighted by atomic mass is 15.2. The Balaban J connectivity index is 2.52. The van der Waals surface area contributed by atoms with Gasteiger partial charge in [0.1, 0.15) is 0 Å². The summed E-state index contributed by atoms with van der Waals surface area (Å²) in [6.07, 6.45) is 0. The second-order valence-electron chi connectivity index (χ2n) is 4.79. The average molecular weight is 248 g/mol. The normalized spacial score (nSPS) is 11.6. The molecule has 0 saturated carbocycles. The minimum absolute atomic E-state index is 0.382. The minimum atomic E-state index is 0.382. The highest BCUT2D eigenvalue weighted by molar-refractivity contribution is 5.79. The molecule has 0 unspecified atom stereocenters. The molecule has 0 aliphatic carbocycles. The van der Waals surface area contributed by atoms with E-state index in [9.17, 15) is 0 Å². The Morgan fingerprint density at radius 1 is 1.22 bits per heavy atom. The second-order valence-corrected chi connectivity index (χ2v) is 4.79. The molecular weight excluding hydrogens is 224 g/mol. The largest absolute Gasteiger partial charge is 0.378 e. The molecule has 100 valence electrons. The van der Waals surface area contributed by atoms with Crippen LogP contribution in [0, 0.1) is 0 Å². The Morgan fingerprint density at radius 2 is 1.83 bits per heavy atom. The first-order valence-electron chi connectivity index (χ1n) is 6.26. The van der Waals surface area contributed by atoms with Gasteiger partial charge in [0.2, 0.25) is 0 Å². The van der Waals surface area contributed by atoms with Crippen LogP contribution < -0.4 is 15.5 Å². The van der Waals surface area contributed by atoms with Gasteiger partial charge in [-0.2, -0.15) is 0 Å². The molecule has 0 saturated heterocycles. The maximum atomic E-state index is 4.18. The number of nitrogens with zero attached hydrogens (tertiary/aromatic N) is 2. The van der Waals surface area contributed by atoms with E-state index in [0.29, 0.717) is 6.04 Å². The summed E-state index contributed by atoms with van der Waals surface area (Å²) in [5.74, 6) is 0.835. The van der Waals surface area contributed by atoms with Crippen molar-refractivity contribution in [1.82, 2.24) is 10.6 Å². The standard InChI is InChI=1S/C14H24N4/c1-11(2)17-14(15-3)16-10-12-6-8-13(9-7-12)18(4)5/h6-9,11H,10H2,1-5H3,(H2,15,16,17). The first-order valence-corrected chi connectivity index (χ1v) is 6.26. The van der Waals surface area contributed by atoms with Gasteiger partial charge in [-0.25, -0.2) is 0 Å². The van der Waals surface area contributed by atoms with Crippen LogP contribution in [0.2, 0.25) is 0 Å². The van der Waals surface area contributed by atoms with Crippen LogP contribution in [0.15, 0.2) is 29.3 Å². The fourth-order valence-corrected chi connectivity index (χ4v) is 1.57. The molecule has 4 nitrogen and oxygen atoms in total. The van der Waals surface area contributed by atoms with Gasteiger partial charge >= 0.3 is 0 Å². The first kappa shape index (κ1) is 14.4. The summed E-state index contributed by atoms with van der Waals surface area (Å²) in [5, 5.41) is 6.55. The molecule has 0 atom stereocenters. The predicted octanol–water partition coefficient (Wildman–Crippen LogP) is 1.83. The van der Waals surface area contributed by atoms with Crippen LogP contribution in [-0.4, -0.2) is 33.1 Å². The molecule has 0 aliphatic rings. The Morgan fingerprint density at radius 3 is 2.28 bits per heavy atom. The number of rotatable bonds is 4. The number of nitrogens with one attached hydrogen (secondary N) is 2. The van der Waals surface area contributed by atoms with E-state index in [0.717, 1.165) is 12.5 Å². The summed E-state index contributed by atoms with van der Waals surface area (Å²) >= 11 is 0. The van der Waals surface area contributed by atoms with Crippen molar-refractivity contribution in [2.75, 3.05) is 26.0 Å². The lowest BCUT2D eigenvalue weighted by atomic mass is 10.2. The molecule has 0 heterocycles. The fourth-order valence-electron chi connectivity index (χ4n) is 1.57.